The Balaban J connectivity index is 0.000000250. The number of carbonyl (C=O) groups is 2. The second-order valence-electron chi connectivity index (χ2n) is 13.3. The molecule has 6 rings (SSSR count). The molecule has 0 atom stereocenters. The summed E-state index contributed by atoms with van der Waals surface area (Å²) in [4.78, 5) is 28.4. The van der Waals surface area contributed by atoms with Crippen LogP contribution in [0, 0.1) is 0 Å². The third-order valence-electron chi connectivity index (χ3n) is 8.92. The van der Waals surface area contributed by atoms with Gasteiger partial charge in [0.05, 0.1) is 63.8 Å². The molecule has 332 valence electrons. The minimum absolute atomic E-state index is 0.305. The number of anilines is 2. The van der Waals surface area contributed by atoms with Crippen LogP contribution in [0.5, 0.6) is 0 Å². The van der Waals surface area contributed by atoms with Gasteiger partial charge in [0.2, 0.25) is 12.7 Å². The molecule has 0 amide bonds. The summed E-state index contributed by atoms with van der Waals surface area (Å²) in [5.74, 6) is 0.704. The van der Waals surface area contributed by atoms with E-state index in [1.807, 2.05) is 113 Å². The first-order valence-corrected chi connectivity index (χ1v) is 20.9. The van der Waals surface area contributed by atoms with E-state index >= 15 is 0 Å². The minimum atomic E-state index is -5.17. The lowest BCUT2D eigenvalue weighted by Gasteiger charge is -2.22. The number of azo groups is 2. The molecular weight excluding hydrogens is 833 g/mol. The predicted molar refractivity (Wildman–Crippen MR) is 230 cm³/mol. The second kappa shape index (κ2) is 24.3. The molecule has 0 N–H and O–H groups in total. The fraction of sp³-hybridized carbons (Fsp3) is 0.286. The van der Waals surface area contributed by atoms with Crippen molar-refractivity contribution in [3.63, 3.8) is 0 Å². The lowest BCUT2D eigenvalue weighted by atomic mass is 10.2. The normalized spacial score (nSPS) is 11.0. The summed E-state index contributed by atoms with van der Waals surface area (Å²) in [6.07, 6.45) is 3.36. The Bertz CT molecular complexity index is 2310. The SMILES string of the molecule is CCN(CCOC(=O)c1ccccc1)c1ccc(N=Nc2n(C)nc[n+]2C)cc1.CCN(CCOC(=O)c1ccccc1)c1ccc(N=Nc2n(C)nc[n+]2C)cc1.O=S(=O)([O-])[O-]. The molecule has 2 heterocycles. The molecule has 21 heteroatoms. The highest BCUT2D eigenvalue weighted by Gasteiger charge is 2.14. The first-order chi connectivity index (χ1) is 30.2. The van der Waals surface area contributed by atoms with Crippen LogP contribution in [0.1, 0.15) is 34.6 Å². The zero-order chi connectivity index (χ0) is 45.8. The van der Waals surface area contributed by atoms with Gasteiger partial charge in [0.15, 0.2) is 0 Å². The summed E-state index contributed by atoms with van der Waals surface area (Å²) >= 11 is 0. The standard InChI is InChI=1S/2C21H25N6O2.H2O4S/c2*1-4-27(14-15-29-20(28)17-8-6-5-7-9-17)19-12-10-18(11-13-19)23-24-21-25(2)16-22-26(21)3;1-5(2,3)4/h2*5-13,16H,4,14-15H2,1-3H3;(H2,1,2,3,4)/q2*+1;/p-2. The molecule has 20 nitrogen and oxygen atoms in total. The quantitative estimate of drug-likeness (QED) is 0.0394. The molecule has 0 spiro atoms. The number of ether oxygens (including phenoxy) is 2. The van der Waals surface area contributed by atoms with Crippen LogP contribution < -0.4 is 18.9 Å². The molecule has 4 aromatic carbocycles. The fourth-order valence-corrected chi connectivity index (χ4v) is 5.66. The summed E-state index contributed by atoms with van der Waals surface area (Å²) < 4.78 is 51.8. The molecular formula is C42H50N12O8S. The van der Waals surface area contributed by atoms with Crippen LogP contribution in [0.4, 0.5) is 34.6 Å². The number of rotatable bonds is 16. The van der Waals surface area contributed by atoms with Gasteiger partial charge < -0.3 is 28.4 Å². The topological polar surface area (TPSA) is 232 Å². The Morgan fingerprint density at radius 2 is 0.937 bits per heavy atom. The van der Waals surface area contributed by atoms with Gasteiger partial charge in [-0.05, 0) is 96.8 Å². The second-order valence-corrected chi connectivity index (χ2v) is 14.2. The van der Waals surface area contributed by atoms with Crippen molar-refractivity contribution in [2.45, 2.75) is 13.8 Å². The first-order valence-electron chi connectivity index (χ1n) is 19.6. The Kier molecular flexibility index (Phi) is 18.7. The van der Waals surface area contributed by atoms with E-state index in [-0.39, 0.29) is 11.9 Å². The van der Waals surface area contributed by atoms with Gasteiger partial charge >= 0.3 is 23.8 Å². The minimum Gasteiger partial charge on any atom is -0.759 e. The van der Waals surface area contributed by atoms with Crippen LogP contribution in [0.3, 0.4) is 0 Å². The number of aryl methyl sites for hydroxylation is 4. The molecule has 0 aliphatic rings. The Hall–Kier alpha value is -7.23. The van der Waals surface area contributed by atoms with E-state index in [0.29, 0.717) is 49.3 Å². The fourth-order valence-electron chi connectivity index (χ4n) is 5.66. The number of esters is 2. The zero-order valence-corrected chi connectivity index (χ0v) is 36.6. The van der Waals surface area contributed by atoms with Crippen molar-refractivity contribution >= 4 is 57.0 Å². The van der Waals surface area contributed by atoms with E-state index in [4.69, 9.17) is 27.0 Å². The summed E-state index contributed by atoms with van der Waals surface area (Å²) in [7, 11) is 2.21. The van der Waals surface area contributed by atoms with E-state index in [9.17, 15) is 9.59 Å². The van der Waals surface area contributed by atoms with Gasteiger partial charge in [-0.3, -0.25) is 8.42 Å². The van der Waals surface area contributed by atoms with Crippen LogP contribution in [0.25, 0.3) is 0 Å². The van der Waals surface area contributed by atoms with Crippen LogP contribution in [-0.2, 0) is 48.1 Å². The highest BCUT2D eigenvalue weighted by Crippen LogP contribution is 2.23. The van der Waals surface area contributed by atoms with Crippen molar-refractivity contribution in [3.05, 3.63) is 133 Å². The molecule has 0 saturated heterocycles. The molecule has 0 unspecified atom stereocenters. The third-order valence-corrected chi connectivity index (χ3v) is 8.92. The summed E-state index contributed by atoms with van der Waals surface area (Å²) in [5, 5.41) is 25.3. The van der Waals surface area contributed by atoms with Crippen LogP contribution in [-0.4, -0.2) is 88.4 Å². The monoisotopic (exact) mass is 882 g/mol. The van der Waals surface area contributed by atoms with Gasteiger partial charge in [-0.1, -0.05) is 46.6 Å². The molecule has 63 heavy (non-hydrogen) atoms. The summed E-state index contributed by atoms with van der Waals surface area (Å²) in [6.45, 7) is 7.59. The third kappa shape index (κ3) is 16.3. The lowest BCUT2D eigenvalue weighted by molar-refractivity contribution is -0.659. The van der Waals surface area contributed by atoms with Crippen LogP contribution in [0.2, 0.25) is 0 Å². The van der Waals surface area contributed by atoms with Crippen molar-refractivity contribution in [1.82, 2.24) is 19.6 Å². The number of hydrogen-bond donors (Lipinski definition) is 0. The van der Waals surface area contributed by atoms with Gasteiger partial charge in [0.1, 0.15) is 13.2 Å². The van der Waals surface area contributed by atoms with Gasteiger partial charge in [0, 0.05) is 45.1 Å². The van der Waals surface area contributed by atoms with Crippen molar-refractivity contribution in [3.8, 4) is 0 Å². The summed E-state index contributed by atoms with van der Waals surface area (Å²) in [5.41, 5.74) is 4.70. The Morgan fingerprint density at radius 1 is 0.603 bits per heavy atom. The van der Waals surface area contributed by atoms with E-state index in [2.05, 4.69) is 54.3 Å². The van der Waals surface area contributed by atoms with E-state index in [1.54, 1.807) is 55.4 Å². The van der Waals surface area contributed by atoms with Crippen molar-refractivity contribution in [2.24, 2.45) is 48.6 Å². The number of aromatic nitrogens is 6. The lowest BCUT2D eigenvalue weighted by Crippen LogP contribution is -2.27. The average Bonchev–Trinajstić information content (AvgIpc) is 3.79. The van der Waals surface area contributed by atoms with Gasteiger partial charge in [-0.25, -0.2) is 18.7 Å². The van der Waals surface area contributed by atoms with Gasteiger partial charge in [0.25, 0.3) is 0 Å². The molecule has 0 radical (unpaired) electrons. The molecule has 2 aromatic heterocycles. The number of nitrogens with zero attached hydrogens (tertiary/aromatic N) is 12. The van der Waals surface area contributed by atoms with Crippen LogP contribution >= 0.6 is 0 Å². The van der Waals surface area contributed by atoms with Crippen molar-refractivity contribution in [2.75, 3.05) is 49.2 Å². The first kappa shape index (κ1) is 48.4. The zero-order valence-electron chi connectivity index (χ0n) is 35.8. The number of likely N-dealkylation sites (N-methyl/N-ethyl adjacent to an activating group) is 2. The average molecular weight is 883 g/mol. The summed E-state index contributed by atoms with van der Waals surface area (Å²) in [6, 6.07) is 33.6. The predicted octanol–water partition coefficient (Wildman–Crippen LogP) is 5.35. The van der Waals surface area contributed by atoms with E-state index < -0.39 is 10.4 Å². The highest BCUT2D eigenvalue weighted by atomic mass is 32.3. The molecule has 0 fully saturated rings. The van der Waals surface area contributed by atoms with Gasteiger partial charge in [-0.15, -0.1) is 9.36 Å². The van der Waals surface area contributed by atoms with Crippen molar-refractivity contribution < 1.29 is 45.7 Å². The van der Waals surface area contributed by atoms with E-state index in [0.717, 1.165) is 35.8 Å². The largest absolute Gasteiger partial charge is 0.759 e. The molecule has 0 saturated carbocycles. The van der Waals surface area contributed by atoms with Crippen LogP contribution in [0.15, 0.2) is 142 Å². The highest BCUT2D eigenvalue weighted by molar-refractivity contribution is 7.79. The van der Waals surface area contributed by atoms with E-state index in [1.165, 1.54) is 0 Å². The number of hydrogen-bond acceptors (Lipinski definition) is 16. The maximum Gasteiger partial charge on any atom is 0.403 e. The molecule has 0 bridgehead atoms. The molecule has 0 aliphatic carbocycles. The molecule has 0 aliphatic heterocycles. The number of benzene rings is 4. The maximum atomic E-state index is 12.0. The van der Waals surface area contributed by atoms with Gasteiger partial charge in [-0.2, -0.15) is 0 Å². The Labute approximate surface area is 366 Å². The maximum absolute atomic E-state index is 12.0. The molecule has 6 aromatic rings. The Morgan fingerprint density at radius 3 is 1.22 bits per heavy atom. The number of carbonyl (C=O) groups excluding carboxylic acids is 2. The van der Waals surface area contributed by atoms with Crippen molar-refractivity contribution in [1.29, 1.82) is 0 Å². The smallest absolute Gasteiger partial charge is 0.403 e.